The normalized spacial score (nSPS) is 18.7. The summed E-state index contributed by atoms with van der Waals surface area (Å²) >= 11 is 3.62. The summed E-state index contributed by atoms with van der Waals surface area (Å²) in [6.07, 6.45) is 4.32. The highest BCUT2D eigenvalue weighted by atomic mass is 79.9. The third kappa shape index (κ3) is 4.26. The van der Waals surface area contributed by atoms with Crippen molar-refractivity contribution in [1.82, 2.24) is 15.2 Å². The molecule has 1 aliphatic heterocycles. The molecular weight excluding hydrogens is 302 g/mol. The first-order valence-electron chi connectivity index (χ1n) is 7.23. The molecule has 0 radical (unpaired) electrons. The molecule has 0 aromatic carbocycles. The van der Waals surface area contributed by atoms with Crippen LogP contribution in [0.4, 0.5) is 0 Å². The van der Waals surface area contributed by atoms with Crippen molar-refractivity contribution in [3.05, 3.63) is 28.5 Å². The second-order valence-electron chi connectivity index (χ2n) is 5.66. The van der Waals surface area contributed by atoms with E-state index in [1.54, 1.807) is 0 Å². The molecule has 0 saturated carbocycles. The first kappa shape index (κ1) is 14.9. The Labute approximate surface area is 124 Å². The van der Waals surface area contributed by atoms with Crippen molar-refractivity contribution < 1.29 is 0 Å². The van der Waals surface area contributed by atoms with Crippen molar-refractivity contribution in [3.63, 3.8) is 0 Å². The zero-order chi connectivity index (χ0) is 13.7. The topological polar surface area (TPSA) is 28.2 Å². The van der Waals surface area contributed by atoms with Gasteiger partial charge in [0.2, 0.25) is 0 Å². The molecule has 0 bridgehead atoms. The van der Waals surface area contributed by atoms with E-state index in [-0.39, 0.29) is 0 Å². The first-order valence-corrected chi connectivity index (χ1v) is 8.03. The highest BCUT2D eigenvalue weighted by Crippen LogP contribution is 2.31. The van der Waals surface area contributed by atoms with Crippen molar-refractivity contribution in [1.29, 1.82) is 0 Å². The average molecular weight is 326 g/mol. The molecule has 1 fully saturated rings. The van der Waals surface area contributed by atoms with Gasteiger partial charge in [0.1, 0.15) is 4.60 Å². The van der Waals surface area contributed by atoms with E-state index in [2.05, 4.69) is 51.0 Å². The summed E-state index contributed by atoms with van der Waals surface area (Å²) in [6.45, 7) is 9.04. The van der Waals surface area contributed by atoms with Crippen LogP contribution in [-0.2, 0) is 0 Å². The minimum Gasteiger partial charge on any atom is -0.314 e. The number of aromatic nitrogens is 1. The number of halogens is 1. The Balaban J connectivity index is 2.15. The molecule has 1 aromatic rings. The maximum atomic E-state index is 4.40. The lowest BCUT2D eigenvalue weighted by atomic mass is 9.97. The van der Waals surface area contributed by atoms with E-state index in [0.29, 0.717) is 6.04 Å². The largest absolute Gasteiger partial charge is 0.314 e. The van der Waals surface area contributed by atoms with Crippen LogP contribution in [0.5, 0.6) is 0 Å². The summed E-state index contributed by atoms with van der Waals surface area (Å²) < 4.78 is 1.00. The Hall–Kier alpha value is -0.450. The van der Waals surface area contributed by atoms with Crippen LogP contribution in [0, 0.1) is 5.92 Å². The molecule has 0 spiro atoms. The Bertz CT molecular complexity index is 389. The van der Waals surface area contributed by atoms with Crippen molar-refractivity contribution in [2.75, 3.05) is 26.2 Å². The van der Waals surface area contributed by atoms with Crippen LogP contribution in [0.1, 0.15) is 38.3 Å². The van der Waals surface area contributed by atoms with Gasteiger partial charge in [-0.1, -0.05) is 19.9 Å². The lowest BCUT2D eigenvalue weighted by molar-refractivity contribution is 0.159. The molecule has 1 aliphatic rings. The van der Waals surface area contributed by atoms with Gasteiger partial charge in [-0.15, -0.1) is 0 Å². The second-order valence-corrected chi connectivity index (χ2v) is 6.41. The predicted octanol–water partition coefficient (Wildman–Crippen LogP) is 3.23. The van der Waals surface area contributed by atoms with Gasteiger partial charge < -0.3 is 5.32 Å². The summed E-state index contributed by atoms with van der Waals surface area (Å²) in [7, 11) is 0. The molecule has 1 N–H and O–H groups in total. The minimum atomic E-state index is 0.493. The van der Waals surface area contributed by atoms with Crippen molar-refractivity contribution in [3.8, 4) is 0 Å². The Morgan fingerprint density at radius 3 is 2.68 bits per heavy atom. The van der Waals surface area contributed by atoms with Gasteiger partial charge in [0.05, 0.1) is 0 Å². The molecule has 106 valence electrons. The number of nitrogens with zero attached hydrogens (tertiary/aromatic N) is 2. The molecule has 2 heterocycles. The molecule has 2 rings (SSSR count). The maximum Gasteiger partial charge on any atom is 0.110 e. The zero-order valence-electron chi connectivity index (χ0n) is 11.9. The SMILES string of the molecule is CC(C)CC[C@H](c1cccnc1Br)N1CCNCC1. The lowest BCUT2D eigenvalue weighted by Crippen LogP contribution is -2.45. The standard InChI is InChI=1S/C15H24BrN3/c1-12(2)5-6-14(19-10-8-17-9-11-19)13-4-3-7-18-15(13)16/h3-4,7,12,14,17H,5-6,8-11H2,1-2H3/t14-/m1/s1. The monoisotopic (exact) mass is 325 g/mol. The molecule has 19 heavy (non-hydrogen) atoms. The fraction of sp³-hybridized carbons (Fsp3) is 0.667. The van der Waals surface area contributed by atoms with Gasteiger partial charge in [-0.2, -0.15) is 0 Å². The van der Waals surface area contributed by atoms with Gasteiger partial charge in [-0.3, -0.25) is 4.90 Å². The zero-order valence-corrected chi connectivity index (χ0v) is 13.5. The lowest BCUT2D eigenvalue weighted by Gasteiger charge is -2.35. The number of rotatable bonds is 5. The fourth-order valence-electron chi connectivity index (χ4n) is 2.67. The third-order valence-electron chi connectivity index (χ3n) is 3.76. The maximum absolute atomic E-state index is 4.40. The third-order valence-corrected chi connectivity index (χ3v) is 4.42. The minimum absolute atomic E-state index is 0.493. The van der Waals surface area contributed by atoms with Crippen molar-refractivity contribution >= 4 is 15.9 Å². The number of hydrogen-bond acceptors (Lipinski definition) is 3. The Kier molecular flexibility index (Phi) is 5.79. The predicted molar refractivity (Wildman–Crippen MR) is 83.2 cm³/mol. The van der Waals surface area contributed by atoms with Gasteiger partial charge >= 0.3 is 0 Å². The van der Waals surface area contributed by atoms with E-state index >= 15 is 0 Å². The van der Waals surface area contributed by atoms with Crippen molar-refractivity contribution in [2.24, 2.45) is 5.92 Å². The quantitative estimate of drug-likeness (QED) is 0.842. The Morgan fingerprint density at radius 2 is 2.05 bits per heavy atom. The Morgan fingerprint density at radius 1 is 1.32 bits per heavy atom. The summed E-state index contributed by atoms with van der Waals surface area (Å²) in [4.78, 5) is 6.99. The van der Waals surface area contributed by atoms with E-state index in [0.717, 1.165) is 36.7 Å². The molecule has 1 atom stereocenters. The van der Waals surface area contributed by atoms with E-state index < -0.39 is 0 Å². The second kappa shape index (κ2) is 7.36. The summed E-state index contributed by atoms with van der Waals surface area (Å²) in [5.74, 6) is 0.751. The molecule has 4 heteroatoms. The average Bonchev–Trinajstić information content (AvgIpc) is 2.42. The first-order chi connectivity index (χ1) is 9.18. The van der Waals surface area contributed by atoms with Crippen LogP contribution >= 0.6 is 15.9 Å². The van der Waals surface area contributed by atoms with E-state index in [4.69, 9.17) is 0 Å². The molecular formula is C15H24BrN3. The highest BCUT2D eigenvalue weighted by molar-refractivity contribution is 9.10. The molecule has 0 amide bonds. The molecule has 1 saturated heterocycles. The van der Waals surface area contributed by atoms with Gasteiger partial charge in [-0.25, -0.2) is 4.98 Å². The summed E-state index contributed by atoms with van der Waals surface area (Å²) in [5.41, 5.74) is 1.34. The van der Waals surface area contributed by atoms with Crippen LogP contribution in [-0.4, -0.2) is 36.1 Å². The molecule has 3 nitrogen and oxygen atoms in total. The number of pyridine rings is 1. The van der Waals surface area contributed by atoms with Gasteiger partial charge in [0, 0.05) is 44.0 Å². The van der Waals surface area contributed by atoms with Crippen LogP contribution in [0.15, 0.2) is 22.9 Å². The smallest absolute Gasteiger partial charge is 0.110 e. The number of piperazine rings is 1. The molecule has 1 aromatic heterocycles. The van der Waals surface area contributed by atoms with E-state index in [1.165, 1.54) is 18.4 Å². The molecule has 0 unspecified atom stereocenters. The number of hydrogen-bond donors (Lipinski definition) is 1. The van der Waals surface area contributed by atoms with E-state index in [1.807, 2.05) is 12.3 Å². The van der Waals surface area contributed by atoms with Crippen molar-refractivity contribution in [2.45, 2.75) is 32.7 Å². The fourth-order valence-corrected chi connectivity index (χ4v) is 3.18. The summed E-state index contributed by atoms with van der Waals surface area (Å²) in [6, 6.07) is 4.75. The van der Waals surface area contributed by atoms with E-state index in [9.17, 15) is 0 Å². The van der Waals surface area contributed by atoms with Crippen LogP contribution in [0.3, 0.4) is 0 Å². The highest BCUT2D eigenvalue weighted by Gasteiger charge is 2.24. The van der Waals surface area contributed by atoms with Gasteiger partial charge in [-0.05, 0) is 40.8 Å². The molecule has 0 aliphatic carbocycles. The number of nitrogens with one attached hydrogen (secondary N) is 1. The van der Waals surface area contributed by atoms with Crippen LogP contribution < -0.4 is 5.32 Å². The van der Waals surface area contributed by atoms with Gasteiger partial charge in [0.15, 0.2) is 0 Å². The van der Waals surface area contributed by atoms with Gasteiger partial charge in [0.25, 0.3) is 0 Å². The van der Waals surface area contributed by atoms with Crippen LogP contribution in [0.25, 0.3) is 0 Å². The van der Waals surface area contributed by atoms with Crippen LogP contribution in [0.2, 0.25) is 0 Å². The summed E-state index contributed by atoms with van der Waals surface area (Å²) in [5, 5.41) is 3.43.